The molecule has 0 atom stereocenters. The Morgan fingerprint density at radius 1 is 1.48 bits per heavy atom. The fraction of sp³-hybridized carbons (Fsp3) is 0.182. The first kappa shape index (κ1) is 15.5. The van der Waals surface area contributed by atoms with Crippen LogP contribution in [0, 0.1) is 22.9 Å². The Labute approximate surface area is 123 Å². The topological polar surface area (TPSA) is 102 Å². The first-order valence-corrected chi connectivity index (χ1v) is 8.01. The summed E-state index contributed by atoms with van der Waals surface area (Å²) in [6.07, 6.45) is 0. The van der Waals surface area contributed by atoms with E-state index in [1.807, 2.05) is 0 Å². The number of thiazole rings is 1. The van der Waals surface area contributed by atoms with Crippen LogP contribution in [0.5, 0.6) is 0 Å². The molecule has 10 heteroatoms. The van der Waals surface area contributed by atoms with E-state index in [0.29, 0.717) is 5.01 Å². The van der Waals surface area contributed by atoms with Crippen LogP contribution in [0.4, 0.5) is 10.1 Å². The van der Waals surface area contributed by atoms with Crippen molar-refractivity contribution in [1.29, 1.82) is 0 Å². The molecule has 1 N–H and O–H groups in total. The van der Waals surface area contributed by atoms with Gasteiger partial charge in [0.15, 0.2) is 4.90 Å². The Balaban J connectivity index is 2.32. The summed E-state index contributed by atoms with van der Waals surface area (Å²) in [5, 5.41) is 13.1. The van der Waals surface area contributed by atoms with Crippen molar-refractivity contribution in [2.24, 2.45) is 0 Å². The molecule has 112 valence electrons. The molecule has 0 unspecified atom stereocenters. The maximum atomic E-state index is 13.5. The molecule has 2 aromatic rings. The molecule has 0 amide bonds. The second-order valence-electron chi connectivity index (χ2n) is 4.05. The normalized spacial score (nSPS) is 11.5. The number of hydrogen-bond acceptors (Lipinski definition) is 6. The van der Waals surface area contributed by atoms with Crippen LogP contribution in [0.25, 0.3) is 0 Å². The minimum Gasteiger partial charge on any atom is -0.258 e. The van der Waals surface area contributed by atoms with Gasteiger partial charge < -0.3 is 0 Å². The minimum atomic E-state index is -4.21. The molecule has 1 aromatic carbocycles. The average Bonchev–Trinajstić information content (AvgIpc) is 2.82. The van der Waals surface area contributed by atoms with Gasteiger partial charge in [-0.15, -0.1) is 11.3 Å². The smallest absolute Gasteiger partial charge is 0.258 e. The van der Waals surface area contributed by atoms with Crippen LogP contribution in [0.15, 0.2) is 28.5 Å². The predicted molar refractivity (Wildman–Crippen MR) is 73.9 cm³/mol. The Kier molecular flexibility index (Phi) is 4.30. The van der Waals surface area contributed by atoms with Gasteiger partial charge in [-0.25, -0.2) is 18.1 Å². The third-order valence-corrected chi connectivity index (χ3v) is 4.90. The maximum absolute atomic E-state index is 13.5. The van der Waals surface area contributed by atoms with Gasteiger partial charge in [-0.1, -0.05) is 6.07 Å². The molecule has 0 aliphatic carbocycles. The van der Waals surface area contributed by atoms with Gasteiger partial charge in [0.2, 0.25) is 15.8 Å². The van der Waals surface area contributed by atoms with Crippen LogP contribution in [0.3, 0.4) is 0 Å². The predicted octanol–water partition coefficient (Wildman–Crippen LogP) is 1.98. The number of benzene rings is 1. The fourth-order valence-corrected chi connectivity index (χ4v) is 3.58. The van der Waals surface area contributed by atoms with E-state index in [0.717, 1.165) is 23.9 Å². The van der Waals surface area contributed by atoms with E-state index in [4.69, 9.17) is 0 Å². The number of hydrogen-bond donors (Lipinski definition) is 1. The molecule has 0 radical (unpaired) electrons. The summed E-state index contributed by atoms with van der Waals surface area (Å²) >= 11 is 1.25. The lowest BCUT2D eigenvalue weighted by Gasteiger charge is -2.06. The Morgan fingerprint density at radius 3 is 2.76 bits per heavy atom. The van der Waals surface area contributed by atoms with E-state index in [1.54, 1.807) is 12.3 Å². The molecule has 0 spiro atoms. The first-order chi connectivity index (χ1) is 9.81. The van der Waals surface area contributed by atoms with Gasteiger partial charge in [-0.2, -0.15) is 4.39 Å². The van der Waals surface area contributed by atoms with Crippen molar-refractivity contribution in [2.45, 2.75) is 18.4 Å². The number of halogens is 1. The quantitative estimate of drug-likeness (QED) is 0.666. The van der Waals surface area contributed by atoms with Gasteiger partial charge in [-0.05, 0) is 19.1 Å². The lowest BCUT2D eigenvalue weighted by Crippen LogP contribution is -2.24. The number of sulfonamides is 1. The molecular weight excluding hydrogens is 321 g/mol. The molecule has 1 heterocycles. The van der Waals surface area contributed by atoms with Crippen molar-refractivity contribution in [3.8, 4) is 0 Å². The number of nitro groups is 1. The number of nitrogens with one attached hydrogen (secondary N) is 1. The summed E-state index contributed by atoms with van der Waals surface area (Å²) in [6, 6.07) is 2.92. The Bertz CT molecular complexity index is 789. The molecule has 21 heavy (non-hydrogen) atoms. The van der Waals surface area contributed by atoms with Crippen molar-refractivity contribution < 1.29 is 17.7 Å². The van der Waals surface area contributed by atoms with Crippen molar-refractivity contribution in [3.63, 3.8) is 0 Å². The number of aromatic nitrogens is 1. The average molecular weight is 331 g/mol. The van der Waals surface area contributed by atoms with Gasteiger partial charge in [-0.3, -0.25) is 10.1 Å². The Hall–Kier alpha value is -1.91. The van der Waals surface area contributed by atoms with Crippen LogP contribution in [0.2, 0.25) is 0 Å². The second-order valence-corrected chi connectivity index (χ2v) is 6.73. The first-order valence-electron chi connectivity index (χ1n) is 5.65. The number of para-hydroxylation sites is 1. The van der Waals surface area contributed by atoms with E-state index in [9.17, 15) is 22.9 Å². The Morgan fingerprint density at radius 2 is 2.19 bits per heavy atom. The third kappa shape index (κ3) is 3.40. The van der Waals surface area contributed by atoms with Crippen molar-refractivity contribution in [3.05, 3.63) is 50.2 Å². The van der Waals surface area contributed by atoms with Crippen LogP contribution >= 0.6 is 11.3 Å². The molecule has 0 bridgehead atoms. The van der Waals surface area contributed by atoms with Gasteiger partial charge >= 0.3 is 5.69 Å². The summed E-state index contributed by atoms with van der Waals surface area (Å²) in [5.74, 6) is -1.20. The molecule has 2 rings (SSSR count). The van der Waals surface area contributed by atoms with Crippen molar-refractivity contribution >= 4 is 27.0 Å². The number of nitro benzene ring substituents is 1. The molecule has 0 saturated heterocycles. The monoisotopic (exact) mass is 331 g/mol. The van der Waals surface area contributed by atoms with Gasteiger partial charge in [0.1, 0.15) is 5.01 Å². The van der Waals surface area contributed by atoms with E-state index in [1.165, 1.54) is 11.3 Å². The SMILES string of the molecule is Cc1csc(CNS(=O)(=O)c2cccc(F)c2[N+](=O)[O-])n1. The number of nitrogens with zero attached hydrogens (tertiary/aromatic N) is 2. The van der Waals surface area contributed by atoms with Gasteiger partial charge in [0.05, 0.1) is 11.5 Å². The van der Waals surface area contributed by atoms with E-state index >= 15 is 0 Å². The van der Waals surface area contributed by atoms with Gasteiger partial charge in [0.25, 0.3) is 0 Å². The van der Waals surface area contributed by atoms with E-state index < -0.39 is 31.3 Å². The highest BCUT2D eigenvalue weighted by Gasteiger charge is 2.29. The minimum absolute atomic E-state index is 0.117. The zero-order chi connectivity index (χ0) is 15.6. The fourth-order valence-electron chi connectivity index (χ4n) is 1.61. The molecule has 0 fully saturated rings. The molecule has 0 aliphatic rings. The number of aryl methyl sites for hydroxylation is 1. The van der Waals surface area contributed by atoms with Crippen molar-refractivity contribution in [1.82, 2.24) is 9.71 Å². The van der Waals surface area contributed by atoms with Gasteiger partial charge in [0, 0.05) is 11.1 Å². The highest BCUT2D eigenvalue weighted by molar-refractivity contribution is 7.89. The largest absolute Gasteiger partial charge is 0.324 e. The van der Waals surface area contributed by atoms with Crippen LogP contribution < -0.4 is 4.72 Å². The van der Waals surface area contributed by atoms with Crippen LogP contribution in [-0.2, 0) is 16.6 Å². The lowest BCUT2D eigenvalue weighted by atomic mass is 10.3. The molecular formula is C11H10FN3O4S2. The zero-order valence-corrected chi connectivity index (χ0v) is 12.4. The molecule has 1 aromatic heterocycles. The molecule has 0 aliphatic heterocycles. The molecule has 0 saturated carbocycles. The highest BCUT2D eigenvalue weighted by atomic mass is 32.2. The standard InChI is InChI=1S/C11H10FN3O4S2/c1-7-6-20-10(14-7)5-13-21(18,19)9-4-2-3-8(12)11(9)15(16)17/h2-4,6,13H,5H2,1H3. The summed E-state index contributed by atoms with van der Waals surface area (Å²) < 4.78 is 39.8. The maximum Gasteiger partial charge on any atom is 0.324 e. The van der Waals surface area contributed by atoms with Crippen molar-refractivity contribution in [2.75, 3.05) is 0 Å². The third-order valence-electron chi connectivity index (χ3n) is 2.50. The highest BCUT2D eigenvalue weighted by Crippen LogP contribution is 2.26. The lowest BCUT2D eigenvalue weighted by molar-refractivity contribution is -0.390. The van der Waals surface area contributed by atoms with Crippen LogP contribution in [-0.4, -0.2) is 18.3 Å². The van der Waals surface area contributed by atoms with Crippen LogP contribution in [0.1, 0.15) is 10.7 Å². The summed E-state index contributed by atoms with van der Waals surface area (Å²) in [6.45, 7) is 1.64. The summed E-state index contributed by atoms with van der Waals surface area (Å²) in [7, 11) is -4.21. The molecule has 7 nitrogen and oxygen atoms in total. The summed E-state index contributed by atoms with van der Waals surface area (Å²) in [5.41, 5.74) is -0.328. The summed E-state index contributed by atoms with van der Waals surface area (Å²) in [4.78, 5) is 13.1. The van der Waals surface area contributed by atoms with E-state index in [-0.39, 0.29) is 6.54 Å². The number of rotatable bonds is 5. The second kappa shape index (κ2) is 5.84. The van der Waals surface area contributed by atoms with E-state index in [2.05, 4.69) is 9.71 Å². The zero-order valence-electron chi connectivity index (χ0n) is 10.7.